The monoisotopic (exact) mass is 287 g/mol. The van der Waals surface area contributed by atoms with Gasteiger partial charge in [-0.25, -0.2) is 4.99 Å². The van der Waals surface area contributed by atoms with Gasteiger partial charge in [-0.1, -0.05) is 20.3 Å². The van der Waals surface area contributed by atoms with Gasteiger partial charge in [-0.15, -0.1) is 0 Å². The molecule has 1 saturated carbocycles. The molecule has 3 rings (SSSR count). The fourth-order valence-corrected chi connectivity index (χ4v) is 3.42. The first-order chi connectivity index (χ1) is 10.0. The summed E-state index contributed by atoms with van der Waals surface area (Å²) < 4.78 is 0. The van der Waals surface area contributed by atoms with E-state index in [1.807, 2.05) is 12.1 Å². The summed E-state index contributed by atoms with van der Waals surface area (Å²) in [6, 6.07) is 3.77. The van der Waals surface area contributed by atoms with Crippen LogP contribution in [0.4, 0.5) is 5.69 Å². The summed E-state index contributed by atoms with van der Waals surface area (Å²) >= 11 is 0. The minimum absolute atomic E-state index is 0.174. The molecule has 5 heteroatoms. The van der Waals surface area contributed by atoms with E-state index in [0.29, 0.717) is 23.1 Å². The third-order valence-electron chi connectivity index (χ3n) is 4.33. The van der Waals surface area contributed by atoms with E-state index >= 15 is 0 Å². The first-order valence-electron chi connectivity index (χ1n) is 7.77. The molecule has 21 heavy (non-hydrogen) atoms. The summed E-state index contributed by atoms with van der Waals surface area (Å²) in [7, 11) is 0. The van der Waals surface area contributed by atoms with Crippen LogP contribution >= 0.6 is 0 Å². The van der Waals surface area contributed by atoms with Crippen LogP contribution in [-0.4, -0.2) is 10.6 Å². The molecular weight excluding hydrogens is 266 g/mol. The van der Waals surface area contributed by atoms with Crippen LogP contribution < -0.4 is 10.7 Å². The average molecular weight is 287 g/mol. The van der Waals surface area contributed by atoms with E-state index in [1.54, 1.807) is 0 Å². The Morgan fingerprint density at radius 3 is 2.57 bits per heavy atom. The van der Waals surface area contributed by atoms with Crippen LogP contribution in [-0.2, 0) is 6.42 Å². The smallest absolute Gasteiger partial charge is 0.258 e. The lowest BCUT2D eigenvalue weighted by Crippen LogP contribution is -2.27. The molecule has 0 atom stereocenters. The van der Waals surface area contributed by atoms with Gasteiger partial charge in [0.25, 0.3) is 5.69 Å². The van der Waals surface area contributed by atoms with Crippen LogP contribution in [0.25, 0.3) is 0 Å². The molecule has 1 aliphatic heterocycles. The van der Waals surface area contributed by atoms with E-state index in [0.717, 1.165) is 31.2 Å². The topological polar surface area (TPSA) is 67.9 Å². The van der Waals surface area contributed by atoms with E-state index in [9.17, 15) is 10.1 Å². The zero-order valence-electron chi connectivity index (χ0n) is 12.6. The molecule has 0 saturated heterocycles. The summed E-state index contributed by atoms with van der Waals surface area (Å²) in [5, 5.41) is 12.8. The van der Waals surface area contributed by atoms with Gasteiger partial charge in [0.1, 0.15) is 0 Å². The summed E-state index contributed by atoms with van der Waals surface area (Å²) in [6.45, 7) is 4.14. The maximum absolute atomic E-state index is 11.5. The molecule has 0 bridgehead atoms. The molecule has 1 aromatic carbocycles. The second kappa shape index (κ2) is 5.20. The fraction of sp³-hybridized carbons (Fsp3) is 0.625. The van der Waals surface area contributed by atoms with E-state index in [1.165, 1.54) is 6.42 Å². The molecule has 1 fully saturated rings. The Labute approximate surface area is 124 Å². The molecule has 1 heterocycles. The Hall–Kier alpha value is -1.78. The van der Waals surface area contributed by atoms with Gasteiger partial charge in [-0.05, 0) is 50.2 Å². The molecule has 0 radical (unpaired) electrons. The Balaban J connectivity index is 2.15. The van der Waals surface area contributed by atoms with Crippen LogP contribution in [0.1, 0.15) is 51.5 Å². The lowest BCUT2D eigenvalue weighted by molar-refractivity contribution is -0.387. The fourth-order valence-electron chi connectivity index (χ4n) is 3.42. The normalized spacial score (nSPS) is 19.2. The van der Waals surface area contributed by atoms with Gasteiger partial charge in [0.2, 0.25) is 0 Å². The summed E-state index contributed by atoms with van der Waals surface area (Å²) in [6.07, 6.45) is 5.95. The molecule has 1 aromatic rings. The standard InChI is InChI=1S/C16H21N3O2/c1-11(2)10-12-6-7-13-14(15(12)19(20)21)18-16(17-13)8-4-3-5-9-16/h6-7,11H,3-5,8-10H2,1-2H3. The van der Waals surface area contributed by atoms with Crippen molar-refractivity contribution in [3.05, 3.63) is 38.5 Å². The third kappa shape index (κ3) is 2.57. The molecule has 1 spiro atoms. The molecular formula is C16H21N3O2. The maximum Gasteiger partial charge on any atom is 0.299 e. The van der Waals surface area contributed by atoms with Gasteiger partial charge >= 0.3 is 0 Å². The third-order valence-corrected chi connectivity index (χ3v) is 4.33. The van der Waals surface area contributed by atoms with Gasteiger partial charge in [-0.3, -0.25) is 15.1 Å². The minimum atomic E-state index is -0.415. The molecule has 2 aliphatic rings. The lowest BCUT2D eigenvalue weighted by Gasteiger charge is -2.27. The molecule has 0 N–H and O–H groups in total. The van der Waals surface area contributed by atoms with Gasteiger partial charge in [0.05, 0.1) is 10.3 Å². The van der Waals surface area contributed by atoms with Crippen molar-refractivity contribution in [2.75, 3.05) is 0 Å². The predicted molar refractivity (Wildman–Crippen MR) is 79.8 cm³/mol. The molecule has 0 amide bonds. The molecule has 112 valence electrons. The zero-order chi connectivity index (χ0) is 15.0. The highest BCUT2D eigenvalue weighted by atomic mass is 16.6. The van der Waals surface area contributed by atoms with E-state index in [4.69, 9.17) is 9.98 Å². The average Bonchev–Trinajstić information content (AvgIpc) is 2.75. The largest absolute Gasteiger partial charge is 0.299 e. The number of nitro benzene ring substituents is 1. The van der Waals surface area contributed by atoms with Crippen LogP contribution in [0.2, 0.25) is 0 Å². The second-order valence-corrected chi connectivity index (χ2v) is 6.56. The van der Waals surface area contributed by atoms with E-state index in [-0.39, 0.29) is 10.6 Å². The minimum Gasteiger partial charge on any atom is -0.258 e. The van der Waals surface area contributed by atoms with Crippen LogP contribution in [0.5, 0.6) is 0 Å². The molecule has 0 unspecified atom stereocenters. The summed E-state index contributed by atoms with van der Waals surface area (Å²) in [5.41, 5.74) is 0.537. The van der Waals surface area contributed by atoms with Gasteiger partial charge in [-0.2, -0.15) is 0 Å². The molecule has 0 aromatic heterocycles. The summed E-state index contributed by atoms with van der Waals surface area (Å²) in [5.74, 6) is 0.378. The Kier molecular flexibility index (Phi) is 3.51. The van der Waals surface area contributed by atoms with Crippen molar-refractivity contribution in [2.24, 2.45) is 15.9 Å². The highest BCUT2D eigenvalue weighted by Crippen LogP contribution is 2.33. The van der Waals surface area contributed by atoms with E-state index in [2.05, 4.69) is 13.8 Å². The first kappa shape index (κ1) is 14.2. The Morgan fingerprint density at radius 1 is 1.24 bits per heavy atom. The number of nitrogens with zero attached hydrogens (tertiary/aromatic N) is 3. The number of benzene rings is 1. The van der Waals surface area contributed by atoms with Crippen molar-refractivity contribution in [2.45, 2.75) is 58.0 Å². The lowest BCUT2D eigenvalue weighted by atomic mass is 9.90. The molecule has 5 nitrogen and oxygen atoms in total. The van der Waals surface area contributed by atoms with Crippen molar-refractivity contribution in [3.63, 3.8) is 0 Å². The van der Waals surface area contributed by atoms with E-state index < -0.39 is 5.66 Å². The van der Waals surface area contributed by atoms with Crippen LogP contribution in [0, 0.1) is 16.0 Å². The number of rotatable bonds is 3. The van der Waals surface area contributed by atoms with Crippen molar-refractivity contribution >= 4 is 5.69 Å². The quantitative estimate of drug-likeness (QED) is 0.633. The number of hydrogen-bond acceptors (Lipinski definition) is 4. The van der Waals surface area contributed by atoms with Gasteiger partial charge in [0.15, 0.2) is 11.0 Å². The van der Waals surface area contributed by atoms with Crippen molar-refractivity contribution < 1.29 is 4.92 Å². The first-order valence-corrected chi connectivity index (χ1v) is 7.77. The molecule has 1 aliphatic carbocycles. The number of fused-ring (bicyclic) bond motifs is 1. The number of hydrogen-bond donors (Lipinski definition) is 0. The zero-order valence-corrected chi connectivity index (χ0v) is 12.6. The Morgan fingerprint density at radius 2 is 1.95 bits per heavy atom. The Bertz CT molecular complexity index is 688. The van der Waals surface area contributed by atoms with Crippen LogP contribution in [0.3, 0.4) is 0 Å². The second-order valence-electron chi connectivity index (χ2n) is 6.56. The highest BCUT2D eigenvalue weighted by Gasteiger charge is 2.35. The SMILES string of the molecule is CC(C)Cc1ccc2c(c1[N+](=O)[O-])=NC1(CCCCC1)N=2. The number of nitro groups is 1. The predicted octanol–water partition coefficient (Wildman–Crippen LogP) is 2.71. The van der Waals surface area contributed by atoms with Gasteiger partial charge < -0.3 is 0 Å². The van der Waals surface area contributed by atoms with Gasteiger partial charge in [0, 0.05) is 5.56 Å². The van der Waals surface area contributed by atoms with Crippen molar-refractivity contribution in [1.82, 2.24) is 0 Å². The van der Waals surface area contributed by atoms with Crippen LogP contribution in [0.15, 0.2) is 22.1 Å². The highest BCUT2D eigenvalue weighted by molar-refractivity contribution is 5.40. The van der Waals surface area contributed by atoms with Crippen molar-refractivity contribution in [3.8, 4) is 0 Å². The maximum atomic E-state index is 11.5. The summed E-state index contributed by atoms with van der Waals surface area (Å²) in [4.78, 5) is 20.7. The van der Waals surface area contributed by atoms with Crippen molar-refractivity contribution in [1.29, 1.82) is 0 Å².